The van der Waals surface area contributed by atoms with Gasteiger partial charge in [0.2, 0.25) is 0 Å². The van der Waals surface area contributed by atoms with Crippen LogP contribution in [-0.4, -0.2) is 22.6 Å². The molecule has 102 valence electrons. The molecule has 0 unspecified atom stereocenters. The number of hydrogen-bond acceptors (Lipinski definition) is 3. The minimum absolute atomic E-state index is 0.00432. The van der Waals surface area contributed by atoms with Crippen molar-refractivity contribution in [3.05, 3.63) is 71.3 Å². The monoisotopic (exact) mass is 286 g/mol. The zero-order valence-corrected chi connectivity index (χ0v) is 11.6. The van der Waals surface area contributed by atoms with E-state index in [0.29, 0.717) is 16.9 Å². The lowest BCUT2D eigenvalue weighted by Crippen LogP contribution is -2.01. The molecule has 0 heterocycles. The Bertz CT molecular complexity index is 591. The summed E-state index contributed by atoms with van der Waals surface area (Å²) in [6.07, 6.45) is 0. The third-order valence-corrected chi connectivity index (χ3v) is 3.73. The summed E-state index contributed by atoms with van der Waals surface area (Å²) in [5, 5.41) is 8.57. The average molecular weight is 286 g/mol. The standard InChI is InChI=1S/C16H14O3S/c17-15(18)11-20-10-12-6-8-14(9-7-12)16(19)13-4-2-1-3-5-13/h1-9H,10-11H2,(H,17,18). The number of carbonyl (C=O) groups is 2. The highest BCUT2D eigenvalue weighted by atomic mass is 32.2. The summed E-state index contributed by atoms with van der Waals surface area (Å²) < 4.78 is 0. The second-order valence-corrected chi connectivity index (χ2v) is 5.26. The molecule has 0 fully saturated rings. The number of carboxylic acid groups (broad SMARTS) is 1. The zero-order chi connectivity index (χ0) is 14.4. The van der Waals surface area contributed by atoms with Crippen LogP contribution < -0.4 is 0 Å². The number of carbonyl (C=O) groups excluding carboxylic acids is 1. The number of benzene rings is 2. The Labute approximate surface area is 121 Å². The molecule has 1 N–H and O–H groups in total. The van der Waals surface area contributed by atoms with Crippen LogP contribution >= 0.6 is 11.8 Å². The first kappa shape index (κ1) is 14.3. The largest absolute Gasteiger partial charge is 0.481 e. The lowest BCUT2D eigenvalue weighted by molar-refractivity contribution is -0.133. The predicted molar refractivity (Wildman–Crippen MR) is 80.1 cm³/mol. The summed E-state index contributed by atoms with van der Waals surface area (Å²) in [6, 6.07) is 16.4. The van der Waals surface area contributed by atoms with Crippen LogP contribution in [0.5, 0.6) is 0 Å². The van der Waals surface area contributed by atoms with Crippen LogP contribution in [0.25, 0.3) is 0 Å². The Morgan fingerprint density at radius 1 is 0.900 bits per heavy atom. The Balaban J connectivity index is 2.01. The van der Waals surface area contributed by atoms with Gasteiger partial charge in [0.05, 0.1) is 5.75 Å². The second-order valence-electron chi connectivity index (χ2n) is 4.28. The van der Waals surface area contributed by atoms with Crippen LogP contribution in [0.4, 0.5) is 0 Å². The average Bonchev–Trinajstić information content (AvgIpc) is 2.48. The molecule has 2 rings (SSSR count). The SMILES string of the molecule is O=C(O)CSCc1ccc(C(=O)c2ccccc2)cc1. The molecule has 2 aromatic rings. The summed E-state index contributed by atoms with van der Waals surface area (Å²) in [5.74, 6) is -0.0993. The molecular formula is C16H14O3S. The quantitative estimate of drug-likeness (QED) is 0.828. The number of aliphatic carboxylic acids is 1. The molecule has 0 saturated carbocycles. The summed E-state index contributed by atoms with van der Waals surface area (Å²) in [7, 11) is 0. The molecule has 0 spiro atoms. The van der Waals surface area contributed by atoms with E-state index in [1.54, 1.807) is 24.3 Å². The fourth-order valence-corrected chi connectivity index (χ4v) is 2.47. The Hall–Kier alpha value is -2.07. The van der Waals surface area contributed by atoms with Gasteiger partial charge in [0.25, 0.3) is 0 Å². The van der Waals surface area contributed by atoms with Gasteiger partial charge in [0, 0.05) is 16.9 Å². The van der Waals surface area contributed by atoms with Gasteiger partial charge in [0.15, 0.2) is 5.78 Å². The minimum Gasteiger partial charge on any atom is -0.481 e. The van der Waals surface area contributed by atoms with Crippen molar-refractivity contribution in [1.82, 2.24) is 0 Å². The fraction of sp³-hybridized carbons (Fsp3) is 0.125. The molecule has 20 heavy (non-hydrogen) atoms. The van der Waals surface area contributed by atoms with Crippen molar-refractivity contribution in [2.24, 2.45) is 0 Å². The summed E-state index contributed by atoms with van der Waals surface area (Å²) in [5.41, 5.74) is 2.32. The predicted octanol–water partition coefficient (Wildman–Crippen LogP) is 3.24. The van der Waals surface area contributed by atoms with E-state index in [2.05, 4.69) is 0 Å². The first-order valence-corrected chi connectivity index (χ1v) is 7.30. The van der Waals surface area contributed by atoms with E-state index >= 15 is 0 Å². The van der Waals surface area contributed by atoms with Crippen LogP contribution in [0.1, 0.15) is 21.5 Å². The number of thioether (sulfide) groups is 1. The minimum atomic E-state index is -0.814. The molecule has 0 aliphatic heterocycles. The van der Waals surface area contributed by atoms with Crippen molar-refractivity contribution in [3.63, 3.8) is 0 Å². The van der Waals surface area contributed by atoms with E-state index < -0.39 is 5.97 Å². The smallest absolute Gasteiger partial charge is 0.313 e. The maximum absolute atomic E-state index is 12.2. The van der Waals surface area contributed by atoms with Gasteiger partial charge >= 0.3 is 5.97 Å². The zero-order valence-electron chi connectivity index (χ0n) is 10.8. The highest BCUT2D eigenvalue weighted by Gasteiger charge is 2.08. The van der Waals surface area contributed by atoms with E-state index in [-0.39, 0.29) is 11.5 Å². The molecule has 2 aromatic carbocycles. The van der Waals surface area contributed by atoms with Crippen molar-refractivity contribution in [2.45, 2.75) is 5.75 Å². The maximum atomic E-state index is 12.2. The second kappa shape index (κ2) is 6.91. The van der Waals surface area contributed by atoms with Crippen LogP contribution in [0.2, 0.25) is 0 Å². The molecule has 0 atom stereocenters. The Kier molecular flexibility index (Phi) is 4.96. The summed E-state index contributed by atoms with van der Waals surface area (Å²) in [4.78, 5) is 22.6. The topological polar surface area (TPSA) is 54.4 Å². The van der Waals surface area contributed by atoms with Gasteiger partial charge in [-0.1, -0.05) is 54.6 Å². The molecule has 0 aromatic heterocycles. The van der Waals surface area contributed by atoms with Crippen molar-refractivity contribution in [2.75, 3.05) is 5.75 Å². The van der Waals surface area contributed by atoms with Gasteiger partial charge in [-0.3, -0.25) is 9.59 Å². The normalized spacial score (nSPS) is 10.2. The van der Waals surface area contributed by atoms with Gasteiger partial charge in [-0.25, -0.2) is 0 Å². The number of carboxylic acids is 1. The number of hydrogen-bond donors (Lipinski definition) is 1. The molecule has 0 aliphatic rings. The van der Waals surface area contributed by atoms with Crippen LogP contribution in [0.3, 0.4) is 0 Å². The maximum Gasteiger partial charge on any atom is 0.313 e. The molecule has 0 aliphatic carbocycles. The molecule has 4 heteroatoms. The van der Waals surface area contributed by atoms with Crippen LogP contribution in [0.15, 0.2) is 54.6 Å². The molecule has 0 saturated heterocycles. The van der Waals surface area contributed by atoms with Gasteiger partial charge in [-0.05, 0) is 5.56 Å². The van der Waals surface area contributed by atoms with E-state index in [0.717, 1.165) is 5.56 Å². The van der Waals surface area contributed by atoms with Crippen molar-refractivity contribution in [3.8, 4) is 0 Å². The Morgan fingerprint density at radius 2 is 1.50 bits per heavy atom. The van der Waals surface area contributed by atoms with Crippen LogP contribution in [-0.2, 0) is 10.5 Å². The Morgan fingerprint density at radius 3 is 2.10 bits per heavy atom. The van der Waals surface area contributed by atoms with Crippen molar-refractivity contribution in [1.29, 1.82) is 0 Å². The van der Waals surface area contributed by atoms with E-state index in [1.165, 1.54) is 11.8 Å². The highest BCUT2D eigenvalue weighted by Crippen LogP contribution is 2.15. The van der Waals surface area contributed by atoms with Crippen molar-refractivity contribution < 1.29 is 14.7 Å². The molecule has 0 bridgehead atoms. The third-order valence-electron chi connectivity index (χ3n) is 2.75. The van der Waals surface area contributed by atoms with E-state index in [9.17, 15) is 9.59 Å². The summed E-state index contributed by atoms with van der Waals surface area (Å²) in [6.45, 7) is 0. The number of ketones is 1. The first-order valence-electron chi connectivity index (χ1n) is 6.15. The van der Waals surface area contributed by atoms with Gasteiger partial charge in [-0.15, -0.1) is 11.8 Å². The third kappa shape index (κ3) is 3.96. The lowest BCUT2D eigenvalue weighted by atomic mass is 10.0. The number of rotatable bonds is 6. The fourth-order valence-electron chi connectivity index (χ4n) is 1.76. The molecule has 0 radical (unpaired) electrons. The van der Waals surface area contributed by atoms with E-state index in [4.69, 9.17) is 5.11 Å². The van der Waals surface area contributed by atoms with Gasteiger partial charge < -0.3 is 5.11 Å². The summed E-state index contributed by atoms with van der Waals surface area (Å²) >= 11 is 1.34. The lowest BCUT2D eigenvalue weighted by Gasteiger charge is -2.03. The molecule has 3 nitrogen and oxygen atoms in total. The highest BCUT2D eigenvalue weighted by molar-refractivity contribution is 7.99. The van der Waals surface area contributed by atoms with Gasteiger partial charge in [0.1, 0.15) is 0 Å². The van der Waals surface area contributed by atoms with E-state index in [1.807, 2.05) is 30.3 Å². The van der Waals surface area contributed by atoms with Crippen molar-refractivity contribution >= 4 is 23.5 Å². The molecule has 0 amide bonds. The molecular weight excluding hydrogens is 272 g/mol. The first-order chi connectivity index (χ1) is 9.66. The van der Waals surface area contributed by atoms with Crippen LogP contribution in [0, 0.1) is 0 Å². The van der Waals surface area contributed by atoms with Gasteiger partial charge in [-0.2, -0.15) is 0 Å².